The molecule has 0 radical (unpaired) electrons. The van der Waals surface area contributed by atoms with E-state index in [-0.39, 0.29) is 31.2 Å². The van der Waals surface area contributed by atoms with Crippen molar-refractivity contribution in [2.75, 3.05) is 19.7 Å². The van der Waals surface area contributed by atoms with Crippen LogP contribution >= 0.6 is 0 Å². The van der Waals surface area contributed by atoms with E-state index >= 15 is 0 Å². The Morgan fingerprint density at radius 2 is 2.00 bits per heavy atom. The van der Waals surface area contributed by atoms with Gasteiger partial charge < -0.3 is 10.2 Å². The maximum absolute atomic E-state index is 13.0. The van der Waals surface area contributed by atoms with Crippen molar-refractivity contribution in [3.05, 3.63) is 35.4 Å². The molecule has 0 aliphatic carbocycles. The summed E-state index contributed by atoms with van der Waals surface area (Å²) in [7, 11) is 0. The number of nitrogens with zero attached hydrogens (tertiary/aromatic N) is 1. The lowest BCUT2D eigenvalue weighted by Gasteiger charge is -2.40. The number of hydrogen-bond acceptors (Lipinski definition) is 3. The van der Waals surface area contributed by atoms with Crippen LogP contribution < -0.4 is 0 Å². The van der Waals surface area contributed by atoms with Gasteiger partial charge in [-0.3, -0.25) is 4.90 Å². The summed E-state index contributed by atoms with van der Waals surface area (Å²) >= 11 is 0. The molecule has 0 bridgehead atoms. The highest BCUT2D eigenvalue weighted by atomic mass is 19.4. The minimum atomic E-state index is -4.41. The average Bonchev–Trinajstić information content (AvgIpc) is 2.47. The third-order valence-electron chi connectivity index (χ3n) is 4.64. The van der Waals surface area contributed by atoms with Crippen LogP contribution in [0.4, 0.5) is 13.2 Å². The molecule has 1 aromatic rings. The summed E-state index contributed by atoms with van der Waals surface area (Å²) in [6.45, 7) is 3.10. The van der Waals surface area contributed by atoms with Crippen molar-refractivity contribution in [2.45, 2.75) is 44.5 Å². The largest absolute Gasteiger partial charge is 0.416 e. The van der Waals surface area contributed by atoms with Crippen LogP contribution in [0.3, 0.4) is 0 Å². The lowest BCUT2D eigenvalue weighted by Crippen LogP contribution is -2.49. The number of aliphatic hydroxyl groups is 2. The first kappa shape index (κ1) is 18.2. The maximum Gasteiger partial charge on any atom is 0.416 e. The second-order valence-corrected chi connectivity index (χ2v) is 6.38. The van der Waals surface area contributed by atoms with E-state index in [1.807, 2.05) is 4.90 Å². The van der Waals surface area contributed by atoms with Crippen LogP contribution in [0, 0.1) is 5.92 Å². The first-order valence-electron chi connectivity index (χ1n) is 8.01. The number of likely N-dealkylation sites (tertiary alicyclic amines) is 1. The Morgan fingerprint density at radius 3 is 2.65 bits per heavy atom. The van der Waals surface area contributed by atoms with E-state index < -0.39 is 17.8 Å². The first-order chi connectivity index (χ1) is 10.8. The van der Waals surface area contributed by atoms with Crippen molar-refractivity contribution in [3.8, 4) is 0 Å². The molecular weight excluding hydrogens is 307 g/mol. The van der Waals surface area contributed by atoms with Crippen LogP contribution in [0.1, 0.15) is 30.9 Å². The van der Waals surface area contributed by atoms with Crippen molar-refractivity contribution in [2.24, 2.45) is 5.92 Å². The zero-order chi connectivity index (χ0) is 17.0. The molecule has 23 heavy (non-hydrogen) atoms. The number of benzene rings is 1. The van der Waals surface area contributed by atoms with Crippen LogP contribution in [-0.4, -0.2) is 47.0 Å². The predicted octanol–water partition coefficient (Wildman–Crippen LogP) is 2.70. The number of hydrogen-bond donors (Lipinski definition) is 2. The second-order valence-electron chi connectivity index (χ2n) is 6.38. The molecule has 0 aromatic heterocycles. The van der Waals surface area contributed by atoms with Gasteiger partial charge in [-0.15, -0.1) is 0 Å². The minimum Gasteiger partial charge on any atom is -0.395 e. The van der Waals surface area contributed by atoms with E-state index in [9.17, 15) is 23.4 Å². The van der Waals surface area contributed by atoms with Crippen LogP contribution in [-0.2, 0) is 12.6 Å². The molecule has 0 amide bonds. The topological polar surface area (TPSA) is 43.7 Å². The highest BCUT2D eigenvalue weighted by Crippen LogP contribution is 2.32. The van der Waals surface area contributed by atoms with Gasteiger partial charge in [0.2, 0.25) is 0 Å². The fourth-order valence-corrected chi connectivity index (χ4v) is 3.42. The van der Waals surface area contributed by atoms with Gasteiger partial charge in [0.15, 0.2) is 0 Å². The number of halogens is 3. The molecule has 1 aliphatic rings. The summed E-state index contributed by atoms with van der Waals surface area (Å²) < 4.78 is 39.0. The first-order valence-corrected chi connectivity index (χ1v) is 8.01. The van der Waals surface area contributed by atoms with E-state index in [1.54, 1.807) is 6.07 Å². The smallest absolute Gasteiger partial charge is 0.395 e. The lowest BCUT2D eigenvalue weighted by atomic mass is 9.90. The van der Waals surface area contributed by atoms with Crippen LogP contribution in [0.25, 0.3) is 0 Å². The molecule has 1 saturated heterocycles. The van der Waals surface area contributed by atoms with Crippen molar-refractivity contribution in [1.29, 1.82) is 0 Å². The van der Waals surface area contributed by atoms with Gasteiger partial charge in [0.1, 0.15) is 0 Å². The molecule has 3 unspecified atom stereocenters. The molecule has 3 nitrogen and oxygen atoms in total. The fraction of sp³-hybridized carbons (Fsp3) is 0.647. The SMILES string of the molecule is CC1CCCN(CC(O)Cc2ccccc2C(F)(F)F)C1CO. The van der Waals surface area contributed by atoms with Crippen molar-refractivity contribution < 1.29 is 23.4 Å². The highest BCUT2D eigenvalue weighted by Gasteiger charge is 2.34. The monoisotopic (exact) mass is 331 g/mol. The van der Waals surface area contributed by atoms with Crippen LogP contribution in [0.15, 0.2) is 24.3 Å². The zero-order valence-electron chi connectivity index (χ0n) is 13.3. The molecule has 1 aliphatic heterocycles. The van der Waals surface area contributed by atoms with Gasteiger partial charge in [0.05, 0.1) is 18.3 Å². The van der Waals surface area contributed by atoms with Crippen LogP contribution in [0.2, 0.25) is 0 Å². The molecule has 0 spiro atoms. The second kappa shape index (κ2) is 7.64. The van der Waals surface area contributed by atoms with Gasteiger partial charge >= 0.3 is 6.18 Å². The van der Waals surface area contributed by atoms with Crippen LogP contribution in [0.5, 0.6) is 0 Å². The van der Waals surface area contributed by atoms with Gasteiger partial charge in [-0.1, -0.05) is 25.1 Å². The third-order valence-corrected chi connectivity index (χ3v) is 4.64. The molecule has 1 aromatic carbocycles. The van der Waals surface area contributed by atoms with Gasteiger partial charge in [-0.2, -0.15) is 13.2 Å². The predicted molar refractivity (Wildman–Crippen MR) is 82.0 cm³/mol. The van der Waals surface area contributed by atoms with Gasteiger partial charge in [0, 0.05) is 19.0 Å². The Labute approximate surface area is 134 Å². The summed E-state index contributed by atoms with van der Waals surface area (Å²) in [4.78, 5) is 2.00. The summed E-state index contributed by atoms with van der Waals surface area (Å²) in [5.41, 5.74) is -0.581. The Kier molecular flexibility index (Phi) is 6.06. The molecule has 0 saturated carbocycles. The molecule has 6 heteroatoms. The molecule has 130 valence electrons. The number of rotatable bonds is 5. The number of piperidine rings is 1. The number of alkyl halides is 3. The summed E-state index contributed by atoms with van der Waals surface area (Å²) in [6, 6.07) is 5.33. The Bertz CT molecular complexity index is 507. The average molecular weight is 331 g/mol. The van der Waals surface area contributed by atoms with Crippen molar-refractivity contribution >= 4 is 0 Å². The van der Waals surface area contributed by atoms with Gasteiger partial charge in [-0.25, -0.2) is 0 Å². The molecule has 2 rings (SSSR count). The van der Waals surface area contributed by atoms with Gasteiger partial charge in [-0.05, 0) is 36.9 Å². The Balaban J connectivity index is 2.04. The normalized spacial score (nSPS) is 24.6. The van der Waals surface area contributed by atoms with Crippen molar-refractivity contribution in [3.63, 3.8) is 0 Å². The Morgan fingerprint density at radius 1 is 1.30 bits per heavy atom. The molecule has 2 N–H and O–H groups in total. The fourth-order valence-electron chi connectivity index (χ4n) is 3.42. The lowest BCUT2D eigenvalue weighted by molar-refractivity contribution is -0.138. The molecular formula is C17H24F3NO2. The molecule has 1 heterocycles. The van der Waals surface area contributed by atoms with E-state index in [4.69, 9.17) is 0 Å². The summed E-state index contributed by atoms with van der Waals surface area (Å²) in [5, 5.41) is 19.8. The van der Waals surface area contributed by atoms with E-state index in [1.165, 1.54) is 12.1 Å². The summed E-state index contributed by atoms with van der Waals surface area (Å²) in [6.07, 6.45) is -3.35. The molecule has 3 atom stereocenters. The maximum atomic E-state index is 13.0. The summed E-state index contributed by atoms with van der Waals surface area (Å²) in [5.74, 6) is 0.323. The van der Waals surface area contributed by atoms with E-state index in [2.05, 4.69) is 6.92 Å². The zero-order valence-corrected chi connectivity index (χ0v) is 13.3. The van der Waals surface area contributed by atoms with Crippen molar-refractivity contribution in [1.82, 2.24) is 4.90 Å². The minimum absolute atomic E-state index is 0.00697. The highest BCUT2D eigenvalue weighted by molar-refractivity contribution is 5.30. The standard InChI is InChI=1S/C17H24F3NO2/c1-12-5-4-8-21(16(12)11-22)10-14(23)9-13-6-2-3-7-15(13)17(18,19)20/h2-3,6-7,12,14,16,22-23H,4-5,8-11H2,1H3. The Hall–Kier alpha value is -1.11. The number of aliphatic hydroxyl groups excluding tert-OH is 2. The third kappa shape index (κ3) is 4.68. The quantitative estimate of drug-likeness (QED) is 0.872. The molecule has 1 fully saturated rings. The van der Waals surface area contributed by atoms with E-state index in [0.29, 0.717) is 5.92 Å². The number of β-amino-alcohol motifs (C(OH)–C–C–N with tert-alkyl or cyclic N) is 1. The van der Waals surface area contributed by atoms with E-state index in [0.717, 1.165) is 25.5 Å². The van der Waals surface area contributed by atoms with Gasteiger partial charge in [0.25, 0.3) is 0 Å².